The molecule has 0 radical (unpaired) electrons. The summed E-state index contributed by atoms with van der Waals surface area (Å²) in [5, 5.41) is 9.75. The number of methoxy groups -OCH3 is 1. The van der Waals surface area contributed by atoms with Crippen LogP contribution in [-0.2, 0) is 4.79 Å². The van der Waals surface area contributed by atoms with Crippen molar-refractivity contribution < 1.29 is 9.53 Å². The third kappa shape index (κ3) is 4.07. The maximum Gasteiger partial charge on any atom is 0.344 e. The van der Waals surface area contributed by atoms with Gasteiger partial charge in [-0.3, -0.25) is 9.36 Å². The summed E-state index contributed by atoms with van der Waals surface area (Å²) in [5.74, 6) is 0.712. The first-order chi connectivity index (χ1) is 12.0. The van der Waals surface area contributed by atoms with Gasteiger partial charge in [-0.15, -0.1) is 5.10 Å². The quantitative estimate of drug-likeness (QED) is 0.739. The van der Waals surface area contributed by atoms with Crippen LogP contribution in [0.1, 0.15) is 32.7 Å². The monoisotopic (exact) mass is 362 g/mol. The van der Waals surface area contributed by atoms with Crippen LogP contribution in [0.4, 0.5) is 5.69 Å². The molecular formula is C17H22N4O3S. The average Bonchev–Trinajstić information content (AvgIpc) is 3.36. The van der Waals surface area contributed by atoms with E-state index in [0.717, 1.165) is 18.6 Å². The lowest BCUT2D eigenvalue weighted by molar-refractivity contribution is -0.116. The molecule has 8 heteroatoms. The summed E-state index contributed by atoms with van der Waals surface area (Å²) in [4.78, 5) is 24.6. The van der Waals surface area contributed by atoms with E-state index in [1.807, 2.05) is 13.8 Å². The van der Waals surface area contributed by atoms with E-state index in [1.54, 1.807) is 35.9 Å². The molecule has 1 aliphatic carbocycles. The number of thioether (sulfide) groups is 1. The van der Waals surface area contributed by atoms with Crippen molar-refractivity contribution in [2.24, 2.45) is 5.92 Å². The Balaban J connectivity index is 1.74. The number of amides is 1. The van der Waals surface area contributed by atoms with Gasteiger partial charge in [0, 0.05) is 11.7 Å². The standard InChI is InChI=1S/C17H22N4O3S/c1-10(2)14(15(22)18-11-4-8-13(24-3)9-5-11)25-17-20-19-16(23)21(17)12-6-7-12/h4-5,8-10,12,14H,6-7H2,1-3H3,(H,18,22)(H,19,23). The first-order valence-electron chi connectivity index (χ1n) is 8.28. The third-order valence-electron chi connectivity index (χ3n) is 4.04. The largest absolute Gasteiger partial charge is 0.497 e. The predicted molar refractivity (Wildman–Crippen MR) is 97.2 cm³/mol. The van der Waals surface area contributed by atoms with Crippen molar-refractivity contribution in [3.05, 3.63) is 34.7 Å². The molecule has 7 nitrogen and oxygen atoms in total. The van der Waals surface area contributed by atoms with E-state index in [4.69, 9.17) is 4.74 Å². The molecule has 1 saturated carbocycles. The first-order valence-corrected chi connectivity index (χ1v) is 9.16. The molecule has 1 aromatic heterocycles. The van der Waals surface area contributed by atoms with Crippen molar-refractivity contribution in [2.75, 3.05) is 12.4 Å². The number of nitrogens with zero attached hydrogens (tertiary/aromatic N) is 2. The molecule has 1 aliphatic rings. The fraction of sp³-hybridized carbons (Fsp3) is 0.471. The second-order valence-corrected chi connectivity index (χ2v) is 7.52. The van der Waals surface area contributed by atoms with Crippen molar-refractivity contribution in [3.63, 3.8) is 0 Å². The lowest BCUT2D eigenvalue weighted by Gasteiger charge is -2.19. The molecule has 3 rings (SSSR count). The maximum absolute atomic E-state index is 12.7. The van der Waals surface area contributed by atoms with Crippen LogP contribution in [0, 0.1) is 5.92 Å². The SMILES string of the molecule is COc1ccc(NC(=O)C(Sc2n[nH]c(=O)n2C2CC2)C(C)C)cc1. The normalized spacial score (nSPS) is 15.2. The van der Waals surface area contributed by atoms with Gasteiger partial charge in [-0.2, -0.15) is 0 Å². The second kappa shape index (κ2) is 7.35. The highest BCUT2D eigenvalue weighted by Crippen LogP contribution is 2.37. The van der Waals surface area contributed by atoms with Gasteiger partial charge in [0.1, 0.15) is 5.75 Å². The fourth-order valence-electron chi connectivity index (χ4n) is 2.52. The van der Waals surface area contributed by atoms with Gasteiger partial charge >= 0.3 is 5.69 Å². The number of anilines is 1. The number of H-pyrrole nitrogens is 1. The van der Waals surface area contributed by atoms with Crippen LogP contribution in [0.3, 0.4) is 0 Å². The Morgan fingerprint density at radius 2 is 2.04 bits per heavy atom. The topological polar surface area (TPSA) is 89.0 Å². The van der Waals surface area contributed by atoms with Gasteiger partial charge in [0.2, 0.25) is 5.91 Å². The van der Waals surface area contributed by atoms with Crippen LogP contribution in [-0.4, -0.2) is 33.0 Å². The minimum Gasteiger partial charge on any atom is -0.497 e. The highest BCUT2D eigenvalue weighted by atomic mass is 32.2. The number of hydrogen-bond donors (Lipinski definition) is 2. The van der Waals surface area contributed by atoms with E-state index in [0.29, 0.717) is 10.8 Å². The highest BCUT2D eigenvalue weighted by molar-refractivity contribution is 8.00. The van der Waals surface area contributed by atoms with Crippen molar-refractivity contribution in [1.29, 1.82) is 0 Å². The van der Waals surface area contributed by atoms with Gasteiger partial charge in [0.15, 0.2) is 5.16 Å². The van der Waals surface area contributed by atoms with Gasteiger partial charge in [0.25, 0.3) is 0 Å². The molecule has 1 fully saturated rings. The number of hydrogen-bond acceptors (Lipinski definition) is 5. The van der Waals surface area contributed by atoms with E-state index in [2.05, 4.69) is 15.5 Å². The molecule has 1 aromatic carbocycles. The predicted octanol–water partition coefficient (Wildman–Crippen LogP) is 2.67. The molecule has 134 valence electrons. The summed E-state index contributed by atoms with van der Waals surface area (Å²) in [6.07, 6.45) is 1.97. The summed E-state index contributed by atoms with van der Waals surface area (Å²) in [7, 11) is 1.60. The van der Waals surface area contributed by atoms with Crippen molar-refractivity contribution in [2.45, 2.75) is 43.1 Å². The number of rotatable bonds is 7. The maximum atomic E-state index is 12.7. The number of aromatic amines is 1. The number of aromatic nitrogens is 3. The summed E-state index contributed by atoms with van der Waals surface area (Å²) in [6, 6.07) is 7.41. The summed E-state index contributed by atoms with van der Waals surface area (Å²) < 4.78 is 6.79. The van der Waals surface area contributed by atoms with Crippen LogP contribution in [0.5, 0.6) is 5.75 Å². The molecule has 2 N–H and O–H groups in total. The van der Waals surface area contributed by atoms with Crippen molar-refractivity contribution in [1.82, 2.24) is 14.8 Å². The van der Waals surface area contributed by atoms with Crippen LogP contribution >= 0.6 is 11.8 Å². The molecule has 0 bridgehead atoms. The molecular weight excluding hydrogens is 340 g/mol. The van der Waals surface area contributed by atoms with Crippen LogP contribution < -0.4 is 15.7 Å². The minimum atomic E-state index is -0.352. The minimum absolute atomic E-state index is 0.0858. The van der Waals surface area contributed by atoms with Crippen molar-refractivity contribution in [3.8, 4) is 5.75 Å². The lowest BCUT2D eigenvalue weighted by Crippen LogP contribution is -2.30. The number of carbonyl (C=O) groups is 1. The van der Waals surface area contributed by atoms with E-state index < -0.39 is 0 Å². The zero-order valence-corrected chi connectivity index (χ0v) is 15.3. The first kappa shape index (κ1) is 17.6. The van der Waals surface area contributed by atoms with Gasteiger partial charge in [0.05, 0.1) is 12.4 Å². The second-order valence-electron chi connectivity index (χ2n) is 6.41. The zero-order chi connectivity index (χ0) is 18.0. The molecule has 2 aromatic rings. The van der Waals surface area contributed by atoms with Gasteiger partial charge < -0.3 is 10.1 Å². The average molecular weight is 362 g/mol. The Morgan fingerprint density at radius 1 is 1.36 bits per heavy atom. The Hall–Kier alpha value is -2.22. The van der Waals surface area contributed by atoms with Gasteiger partial charge in [-0.1, -0.05) is 25.6 Å². The van der Waals surface area contributed by atoms with Crippen LogP contribution in [0.2, 0.25) is 0 Å². The summed E-state index contributed by atoms with van der Waals surface area (Å²) >= 11 is 1.33. The number of ether oxygens (including phenoxy) is 1. The van der Waals surface area contributed by atoms with E-state index in [-0.39, 0.29) is 28.8 Å². The number of nitrogens with one attached hydrogen (secondary N) is 2. The Morgan fingerprint density at radius 3 is 2.60 bits per heavy atom. The Kier molecular flexibility index (Phi) is 5.17. The van der Waals surface area contributed by atoms with Crippen molar-refractivity contribution >= 4 is 23.4 Å². The Bertz CT molecular complexity index is 793. The fourth-order valence-corrected chi connectivity index (χ4v) is 3.63. The molecule has 0 saturated heterocycles. The third-order valence-corrected chi connectivity index (χ3v) is 5.55. The zero-order valence-electron chi connectivity index (χ0n) is 14.5. The van der Waals surface area contributed by atoms with Gasteiger partial charge in [-0.05, 0) is 43.0 Å². The van der Waals surface area contributed by atoms with Crippen LogP contribution in [0.15, 0.2) is 34.2 Å². The molecule has 1 unspecified atom stereocenters. The number of benzene rings is 1. The highest BCUT2D eigenvalue weighted by Gasteiger charge is 2.32. The summed E-state index contributed by atoms with van der Waals surface area (Å²) in [5.41, 5.74) is 0.502. The van der Waals surface area contributed by atoms with E-state index in [9.17, 15) is 9.59 Å². The van der Waals surface area contributed by atoms with E-state index >= 15 is 0 Å². The lowest BCUT2D eigenvalue weighted by atomic mass is 10.1. The van der Waals surface area contributed by atoms with E-state index in [1.165, 1.54) is 11.8 Å². The smallest absolute Gasteiger partial charge is 0.344 e. The number of carbonyl (C=O) groups excluding carboxylic acids is 1. The van der Waals surface area contributed by atoms with Gasteiger partial charge in [-0.25, -0.2) is 9.89 Å². The molecule has 1 amide bonds. The molecule has 25 heavy (non-hydrogen) atoms. The molecule has 0 aliphatic heterocycles. The summed E-state index contributed by atoms with van der Waals surface area (Å²) in [6.45, 7) is 3.97. The molecule has 1 atom stereocenters. The molecule has 1 heterocycles. The Labute approximate surface area is 150 Å². The van der Waals surface area contributed by atoms with Crippen LogP contribution in [0.25, 0.3) is 0 Å². The molecule has 0 spiro atoms.